The molecule has 0 bridgehead atoms. The Hall–Kier alpha value is -1.48. The van der Waals surface area contributed by atoms with E-state index >= 15 is 0 Å². The largest absolute Gasteiger partial charge is 0.486 e. The molecule has 1 N–H and O–H groups in total. The lowest BCUT2D eigenvalue weighted by atomic mass is 10.2. The highest BCUT2D eigenvalue weighted by molar-refractivity contribution is 7.98. The highest BCUT2D eigenvalue weighted by Crippen LogP contribution is 2.32. The Balaban J connectivity index is 1.52. The highest BCUT2D eigenvalue weighted by Gasteiger charge is 2.19. The summed E-state index contributed by atoms with van der Waals surface area (Å²) in [6.45, 7) is 1.05. The predicted octanol–water partition coefficient (Wildman–Crippen LogP) is 3.46. The van der Waals surface area contributed by atoms with E-state index in [9.17, 15) is 12.8 Å². The van der Waals surface area contributed by atoms with Gasteiger partial charge in [0, 0.05) is 34.7 Å². The van der Waals surface area contributed by atoms with Gasteiger partial charge in [-0.1, -0.05) is 17.7 Å². The van der Waals surface area contributed by atoms with Gasteiger partial charge in [0.25, 0.3) is 0 Å². The molecule has 1 aliphatic rings. The maximum atomic E-state index is 13.7. The Bertz CT molecular complexity index is 872. The molecule has 140 valence electrons. The number of sulfonamides is 1. The van der Waals surface area contributed by atoms with Gasteiger partial charge in [-0.05, 0) is 24.3 Å². The van der Waals surface area contributed by atoms with Gasteiger partial charge >= 0.3 is 0 Å². The SMILES string of the molecule is O=S(=O)(NCCSCc1c(F)cccc1Cl)c1ccc2c(c1)OCCO2. The average molecular weight is 418 g/mol. The first-order valence-electron chi connectivity index (χ1n) is 7.87. The number of nitrogens with one attached hydrogen (secondary N) is 1. The predicted molar refractivity (Wildman–Crippen MR) is 100 cm³/mol. The quantitative estimate of drug-likeness (QED) is 0.699. The summed E-state index contributed by atoms with van der Waals surface area (Å²) in [5.74, 6) is 1.45. The maximum absolute atomic E-state index is 13.7. The molecule has 0 unspecified atom stereocenters. The van der Waals surface area contributed by atoms with Crippen LogP contribution in [0.2, 0.25) is 5.02 Å². The Morgan fingerprint density at radius 1 is 1.15 bits per heavy atom. The van der Waals surface area contributed by atoms with Crippen molar-refractivity contribution in [3.63, 3.8) is 0 Å². The van der Waals surface area contributed by atoms with Crippen molar-refractivity contribution in [3.8, 4) is 11.5 Å². The van der Waals surface area contributed by atoms with E-state index in [0.29, 0.717) is 46.8 Å². The smallest absolute Gasteiger partial charge is 0.240 e. The van der Waals surface area contributed by atoms with Gasteiger partial charge in [-0.15, -0.1) is 0 Å². The van der Waals surface area contributed by atoms with Crippen molar-refractivity contribution in [1.29, 1.82) is 0 Å². The molecule has 0 spiro atoms. The van der Waals surface area contributed by atoms with Crippen LogP contribution in [0, 0.1) is 5.82 Å². The van der Waals surface area contributed by atoms with Crippen LogP contribution in [-0.2, 0) is 15.8 Å². The molecule has 0 radical (unpaired) electrons. The van der Waals surface area contributed by atoms with Crippen molar-refractivity contribution in [1.82, 2.24) is 4.72 Å². The van der Waals surface area contributed by atoms with Crippen molar-refractivity contribution in [2.24, 2.45) is 0 Å². The van der Waals surface area contributed by atoms with Crippen molar-refractivity contribution < 1.29 is 22.3 Å². The van der Waals surface area contributed by atoms with Crippen LogP contribution in [-0.4, -0.2) is 33.9 Å². The summed E-state index contributed by atoms with van der Waals surface area (Å²) in [6, 6.07) is 9.04. The van der Waals surface area contributed by atoms with Crippen LogP contribution in [0.3, 0.4) is 0 Å². The topological polar surface area (TPSA) is 64.6 Å². The first-order chi connectivity index (χ1) is 12.5. The standard InChI is InChI=1S/C17H17ClFNO4S2/c18-14-2-1-3-15(19)13(14)11-25-9-6-20-26(21,22)12-4-5-16-17(10-12)24-8-7-23-16/h1-5,10,20H,6-9,11H2. The lowest BCUT2D eigenvalue weighted by Gasteiger charge is -2.18. The molecule has 0 atom stereocenters. The van der Waals surface area contributed by atoms with E-state index in [0.717, 1.165) is 0 Å². The van der Waals surface area contributed by atoms with Crippen molar-refractivity contribution in [3.05, 3.63) is 52.8 Å². The third-order valence-electron chi connectivity index (χ3n) is 3.67. The molecule has 0 aliphatic carbocycles. The van der Waals surface area contributed by atoms with Gasteiger partial charge < -0.3 is 9.47 Å². The molecule has 0 saturated carbocycles. The average Bonchev–Trinajstić information content (AvgIpc) is 2.63. The molecule has 2 aromatic rings. The Morgan fingerprint density at radius 3 is 2.69 bits per heavy atom. The number of halogens is 2. The third-order valence-corrected chi connectivity index (χ3v) is 6.47. The Kier molecular flexibility index (Phi) is 6.29. The van der Waals surface area contributed by atoms with E-state index in [1.165, 1.54) is 30.0 Å². The molecular weight excluding hydrogens is 401 g/mol. The summed E-state index contributed by atoms with van der Waals surface area (Å²) in [5.41, 5.74) is 0.425. The normalized spacial score (nSPS) is 13.6. The van der Waals surface area contributed by atoms with Crippen LogP contribution >= 0.6 is 23.4 Å². The van der Waals surface area contributed by atoms with Crippen molar-refractivity contribution in [2.45, 2.75) is 10.6 Å². The fourth-order valence-corrected chi connectivity index (χ4v) is 4.74. The maximum Gasteiger partial charge on any atom is 0.240 e. The number of fused-ring (bicyclic) bond motifs is 1. The Labute approximate surface area is 160 Å². The molecule has 1 heterocycles. The second-order valence-electron chi connectivity index (χ2n) is 5.46. The molecule has 0 aromatic heterocycles. The molecule has 1 aliphatic heterocycles. The number of thioether (sulfide) groups is 1. The number of hydrogen-bond donors (Lipinski definition) is 1. The van der Waals surface area contributed by atoms with E-state index in [1.54, 1.807) is 18.2 Å². The van der Waals surface area contributed by atoms with Crippen LogP contribution in [0.5, 0.6) is 11.5 Å². The van der Waals surface area contributed by atoms with E-state index in [1.807, 2.05) is 0 Å². The zero-order chi connectivity index (χ0) is 18.6. The van der Waals surface area contributed by atoms with Gasteiger partial charge in [0.15, 0.2) is 11.5 Å². The fourth-order valence-electron chi connectivity index (χ4n) is 2.37. The Morgan fingerprint density at radius 2 is 1.92 bits per heavy atom. The highest BCUT2D eigenvalue weighted by atomic mass is 35.5. The second kappa shape index (κ2) is 8.47. The summed E-state index contributed by atoms with van der Waals surface area (Å²) in [5, 5.41) is 0.370. The minimum Gasteiger partial charge on any atom is -0.486 e. The third kappa shape index (κ3) is 4.62. The van der Waals surface area contributed by atoms with Gasteiger partial charge in [-0.3, -0.25) is 0 Å². The molecule has 9 heteroatoms. The van der Waals surface area contributed by atoms with E-state index in [2.05, 4.69) is 4.72 Å². The molecule has 2 aromatic carbocycles. The van der Waals surface area contributed by atoms with Crippen LogP contribution in [0.4, 0.5) is 4.39 Å². The molecule has 0 saturated heterocycles. The summed E-state index contributed by atoms with van der Waals surface area (Å²) in [7, 11) is -3.65. The van der Waals surface area contributed by atoms with Gasteiger partial charge in [0.05, 0.1) is 4.90 Å². The number of benzene rings is 2. The molecular formula is C17H17ClFNO4S2. The fraction of sp³-hybridized carbons (Fsp3) is 0.294. The zero-order valence-corrected chi connectivity index (χ0v) is 16.1. The van der Waals surface area contributed by atoms with Crippen LogP contribution in [0.15, 0.2) is 41.3 Å². The van der Waals surface area contributed by atoms with Crippen molar-refractivity contribution >= 4 is 33.4 Å². The molecule has 0 amide bonds. The minimum absolute atomic E-state index is 0.115. The number of rotatable bonds is 7. The monoisotopic (exact) mass is 417 g/mol. The van der Waals surface area contributed by atoms with Gasteiger partial charge in [-0.2, -0.15) is 11.8 Å². The molecule has 0 fully saturated rings. The zero-order valence-electron chi connectivity index (χ0n) is 13.7. The van der Waals surface area contributed by atoms with Crippen LogP contribution < -0.4 is 14.2 Å². The summed E-state index contributed by atoms with van der Waals surface area (Å²) >= 11 is 7.36. The second-order valence-corrected chi connectivity index (χ2v) is 8.74. The lowest BCUT2D eigenvalue weighted by Crippen LogP contribution is -2.26. The van der Waals surface area contributed by atoms with Gasteiger partial charge in [0.2, 0.25) is 10.0 Å². The summed E-state index contributed by atoms with van der Waals surface area (Å²) < 4.78 is 51.7. The first-order valence-corrected chi connectivity index (χ1v) is 10.9. The van der Waals surface area contributed by atoms with Crippen LogP contribution in [0.1, 0.15) is 5.56 Å². The number of hydrogen-bond acceptors (Lipinski definition) is 5. The molecule has 5 nitrogen and oxygen atoms in total. The van der Waals surface area contributed by atoms with Crippen molar-refractivity contribution in [2.75, 3.05) is 25.5 Å². The van der Waals surface area contributed by atoms with E-state index < -0.39 is 10.0 Å². The van der Waals surface area contributed by atoms with E-state index in [-0.39, 0.29) is 17.3 Å². The van der Waals surface area contributed by atoms with Gasteiger partial charge in [-0.25, -0.2) is 17.5 Å². The number of ether oxygens (including phenoxy) is 2. The van der Waals surface area contributed by atoms with E-state index in [4.69, 9.17) is 21.1 Å². The molecule has 3 rings (SSSR count). The van der Waals surface area contributed by atoms with Gasteiger partial charge in [0.1, 0.15) is 19.0 Å². The summed E-state index contributed by atoms with van der Waals surface area (Å²) in [6.07, 6.45) is 0. The molecule has 26 heavy (non-hydrogen) atoms. The summed E-state index contributed by atoms with van der Waals surface area (Å²) in [4.78, 5) is 0.115. The van der Waals surface area contributed by atoms with Crippen LogP contribution in [0.25, 0.3) is 0 Å². The lowest BCUT2D eigenvalue weighted by molar-refractivity contribution is 0.171. The first kappa shape index (κ1) is 19.3. The minimum atomic E-state index is -3.65.